The molecule has 1 aliphatic carbocycles. The number of nitrogens with zero attached hydrogens (tertiary/aromatic N) is 3. The van der Waals surface area contributed by atoms with Gasteiger partial charge in [-0.05, 0) is 43.2 Å². The number of para-hydroxylation sites is 1. The van der Waals surface area contributed by atoms with Crippen molar-refractivity contribution >= 4 is 17.5 Å². The first-order valence-electron chi connectivity index (χ1n) is 10.8. The number of nitriles is 1. The zero-order valence-electron chi connectivity index (χ0n) is 18.4. The van der Waals surface area contributed by atoms with Crippen LogP contribution in [0.2, 0.25) is 0 Å². The Bertz CT molecular complexity index is 1140. The summed E-state index contributed by atoms with van der Waals surface area (Å²) in [6, 6.07) is 10.9. The first-order chi connectivity index (χ1) is 16.2. The fraction of sp³-hybridized carbons (Fsp3) is 0.375. The Hall–Kier alpha value is -3.74. The molecular formula is C24H23F3N4O3. The van der Waals surface area contributed by atoms with E-state index < -0.39 is 23.3 Å². The Kier molecular flexibility index (Phi) is 6.37. The molecule has 34 heavy (non-hydrogen) atoms. The number of hydrogen-bond acceptors (Lipinski definition) is 5. The molecule has 0 aromatic heterocycles. The summed E-state index contributed by atoms with van der Waals surface area (Å²) in [5, 5.41) is 12.0. The topological polar surface area (TPSA) is 85.7 Å². The maximum Gasteiger partial charge on any atom is 0.417 e. The largest absolute Gasteiger partial charge is 0.496 e. The number of rotatable bonds is 5. The van der Waals surface area contributed by atoms with E-state index >= 15 is 0 Å². The maximum absolute atomic E-state index is 13.5. The number of alkyl halides is 3. The molecule has 2 aliphatic rings. The number of carbonyl (C=O) groups is 2. The van der Waals surface area contributed by atoms with Gasteiger partial charge >= 0.3 is 6.18 Å². The van der Waals surface area contributed by atoms with Gasteiger partial charge in [0.15, 0.2) is 0 Å². The number of methoxy groups -OCH3 is 1. The molecule has 0 spiro atoms. The highest BCUT2D eigenvalue weighted by Crippen LogP contribution is 2.35. The van der Waals surface area contributed by atoms with Crippen LogP contribution in [0.15, 0.2) is 42.5 Å². The lowest BCUT2D eigenvalue weighted by Gasteiger charge is -2.42. The van der Waals surface area contributed by atoms with Crippen LogP contribution in [0, 0.1) is 11.3 Å². The normalized spacial score (nSPS) is 18.3. The summed E-state index contributed by atoms with van der Waals surface area (Å²) < 4.78 is 45.7. The SMILES string of the molecule is COc1ccccc1C(=O)N1CCN(c2ccc(C#N)c(C(F)(F)F)c2)CC1C(=O)NC1CC1. The van der Waals surface area contributed by atoms with Gasteiger partial charge in [-0.1, -0.05) is 12.1 Å². The smallest absolute Gasteiger partial charge is 0.417 e. The number of anilines is 1. The van der Waals surface area contributed by atoms with Crippen LogP contribution >= 0.6 is 0 Å². The van der Waals surface area contributed by atoms with Crippen molar-refractivity contribution in [3.63, 3.8) is 0 Å². The molecular weight excluding hydrogens is 449 g/mol. The molecule has 1 N–H and O–H groups in total. The van der Waals surface area contributed by atoms with E-state index in [4.69, 9.17) is 10.00 Å². The minimum atomic E-state index is -4.69. The van der Waals surface area contributed by atoms with Crippen LogP contribution in [0.1, 0.15) is 34.3 Å². The molecule has 1 unspecified atom stereocenters. The molecule has 1 atom stereocenters. The van der Waals surface area contributed by atoms with Gasteiger partial charge in [-0.3, -0.25) is 9.59 Å². The Labute approximate surface area is 194 Å². The second-order valence-electron chi connectivity index (χ2n) is 8.28. The fourth-order valence-electron chi connectivity index (χ4n) is 4.05. The highest BCUT2D eigenvalue weighted by Gasteiger charge is 2.39. The van der Waals surface area contributed by atoms with E-state index in [0.717, 1.165) is 25.0 Å². The third-order valence-electron chi connectivity index (χ3n) is 6.00. The number of hydrogen-bond donors (Lipinski definition) is 1. The Morgan fingerprint density at radius 3 is 2.53 bits per heavy atom. The standard InChI is InChI=1S/C24H23F3N4O3/c1-34-21-5-3-2-4-18(21)23(33)31-11-10-30(14-20(31)22(32)29-16-7-8-16)17-9-6-15(13-28)19(12-17)24(25,26)27/h2-6,9,12,16,20H,7-8,10-11,14H2,1H3,(H,29,32). The number of nitrogens with one attached hydrogen (secondary N) is 1. The van der Waals surface area contributed by atoms with E-state index in [1.165, 1.54) is 18.1 Å². The molecule has 1 saturated heterocycles. The van der Waals surface area contributed by atoms with Gasteiger partial charge in [0, 0.05) is 31.4 Å². The lowest BCUT2D eigenvalue weighted by atomic mass is 10.0. The van der Waals surface area contributed by atoms with Crippen molar-refractivity contribution in [1.82, 2.24) is 10.2 Å². The summed E-state index contributed by atoms with van der Waals surface area (Å²) in [5.74, 6) is -0.359. The van der Waals surface area contributed by atoms with Gasteiger partial charge in [0.05, 0.1) is 29.9 Å². The van der Waals surface area contributed by atoms with Gasteiger partial charge in [0.2, 0.25) is 5.91 Å². The van der Waals surface area contributed by atoms with E-state index in [-0.39, 0.29) is 43.2 Å². The first-order valence-corrected chi connectivity index (χ1v) is 10.8. The average molecular weight is 472 g/mol. The van der Waals surface area contributed by atoms with E-state index in [9.17, 15) is 22.8 Å². The van der Waals surface area contributed by atoms with Crippen molar-refractivity contribution < 1.29 is 27.5 Å². The molecule has 7 nitrogen and oxygen atoms in total. The minimum Gasteiger partial charge on any atom is -0.496 e. The van der Waals surface area contributed by atoms with Crippen molar-refractivity contribution in [2.24, 2.45) is 0 Å². The maximum atomic E-state index is 13.5. The summed E-state index contributed by atoms with van der Waals surface area (Å²) in [4.78, 5) is 29.5. The fourth-order valence-corrected chi connectivity index (χ4v) is 4.05. The van der Waals surface area contributed by atoms with Crippen LogP contribution in [-0.2, 0) is 11.0 Å². The number of halogens is 3. The van der Waals surface area contributed by atoms with Gasteiger partial charge in [0.1, 0.15) is 11.8 Å². The summed E-state index contributed by atoms with van der Waals surface area (Å²) in [6.07, 6.45) is -2.98. The Morgan fingerprint density at radius 1 is 1.15 bits per heavy atom. The lowest BCUT2D eigenvalue weighted by Crippen LogP contribution is -2.61. The second-order valence-corrected chi connectivity index (χ2v) is 8.28. The molecule has 1 aliphatic heterocycles. The van der Waals surface area contributed by atoms with Gasteiger partial charge in [0.25, 0.3) is 5.91 Å². The highest BCUT2D eigenvalue weighted by atomic mass is 19.4. The van der Waals surface area contributed by atoms with Crippen molar-refractivity contribution in [2.75, 3.05) is 31.6 Å². The van der Waals surface area contributed by atoms with Crippen LogP contribution in [-0.4, -0.2) is 55.5 Å². The third kappa shape index (κ3) is 4.78. The van der Waals surface area contributed by atoms with Crippen LogP contribution in [0.5, 0.6) is 5.75 Å². The first kappa shape index (κ1) is 23.4. The molecule has 2 aromatic rings. The van der Waals surface area contributed by atoms with Gasteiger partial charge < -0.3 is 19.9 Å². The van der Waals surface area contributed by atoms with Crippen molar-refractivity contribution in [2.45, 2.75) is 31.1 Å². The number of amides is 2. The third-order valence-corrected chi connectivity index (χ3v) is 6.00. The van der Waals surface area contributed by atoms with E-state index in [1.807, 2.05) is 0 Å². The molecule has 2 amide bonds. The molecule has 178 valence electrons. The quantitative estimate of drug-likeness (QED) is 0.723. The number of piperazine rings is 1. The molecule has 0 bridgehead atoms. The van der Waals surface area contributed by atoms with Crippen LogP contribution < -0.4 is 15.0 Å². The summed E-state index contributed by atoms with van der Waals surface area (Å²) in [5.41, 5.74) is -0.955. The van der Waals surface area contributed by atoms with Gasteiger partial charge in [-0.25, -0.2) is 0 Å². The van der Waals surface area contributed by atoms with Crippen LogP contribution in [0.4, 0.5) is 18.9 Å². The van der Waals surface area contributed by atoms with Gasteiger partial charge in [-0.2, -0.15) is 18.4 Å². The number of ether oxygens (including phenoxy) is 1. The molecule has 1 saturated carbocycles. The van der Waals surface area contributed by atoms with Gasteiger partial charge in [-0.15, -0.1) is 0 Å². The predicted molar refractivity (Wildman–Crippen MR) is 117 cm³/mol. The molecule has 1 heterocycles. The predicted octanol–water partition coefficient (Wildman–Crippen LogP) is 3.20. The van der Waals surface area contributed by atoms with E-state index in [2.05, 4.69) is 5.32 Å². The van der Waals surface area contributed by atoms with Crippen LogP contribution in [0.25, 0.3) is 0 Å². The Balaban J connectivity index is 1.64. The zero-order valence-corrected chi connectivity index (χ0v) is 18.4. The molecule has 10 heteroatoms. The van der Waals surface area contributed by atoms with Crippen molar-refractivity contribution in [1.29, 1.82) is 5.26 Å². The number of benzene rings is 2. The zero-order chi connectivity index (χ0) is 24.5. The number of carbonyl (C=O) groups excluding carboxylic acids is 2. The second kappa shape index (κ2) is 9.25. The molecule has 2 aromatic carbocycles. The minimum absolute atomic E-state index is 0.0165. The van der Waals surface area contributed by atoms with Crippen molar-refractivity contribution in [3.8, 4) is 11.8 Å². The van der Waals surface area contributed by atoms with E-state index in [1.54, 1.807) is 35.2 Å². The van der Waals surface area contributed by atoms with Crippen LogP contribution in [0.3, 0.4) is 0 Å². The molecule has 2 fully saturated rings. The highest BCUT2D eigenvalue weighted by molar-refractivity contribution is 6.00. The summed E-state index contributed by atoms with van der Waals surface area (Å²) >= 11 is 0. The summed E-state index contributed by atoms with van der Waals surface area (Å²) in [6.45, 7) is 0.362. The Morgan fingerprint density at radius 2 is 1.88 bits per heavy atom. The van der Waals surface area contributed by atoms with Crippen molar-refractivity contribution in [3.05, 3.63) is 59.2 Å². The monoisotopic (exact) mass is 472 g/mol. The summed E-state index contributed by atoms with van der Waals surface area (Å²) in [7, 11) is 1.45. The lowest BCUT2D eigenvalue weighted by molar-refractivity contribution is -0.137. The molecule has 4 rings (SSSR count). The molecule has 0 radical (unpaired) electrons. The average Bonchev–Trinajstić information content (AvgIpc) is 3.66. The van der Waals surface area contributed by atoms with E-state index in [0.29, 0.717) is 11.3 Å².